The molecule has 0 bridgehead atoms. The van der Waals surface area contributed by atoms with E-state index in [4.69, 9.17) is 0 Å². The molecule has 1 unspecified atom stereocenters. The van der Waals surface area contributed by atoms with Crippen molar-refractivity contribution in [3.05, 3.63) is 18.0 Å². The summed E-state index contributed by atoms with van der Waals surface area (Å²) in [4.78, 5) is 0. The van der Waals surface area contributed by atoms with Crippen LogP contribution in [0.3, 0.4) is 0 Å². The fourth-order valence-corrected chi connectivity index (χ4v) is 1.64. The minimum atomic E-state index is 0.626. The highest BCUT2D eigenvalue weighted by Gasteiger charge is 2.00. The molecule has 0 amide bonds. The summed E-state index contributed by atoms with van der Waals surface area (Å²) in [6.07, 6.45) is 5.68. The third-order valence-electron chi connectivity index (χ3n) is 2.54. The van der Waals surface area contributed by atoms with E-state index < -0.39 is 0 Å². The first-order valence-corrected chi connectivity index (χ1v) is 5.95. The van der Waals surface area contributed by atoms with Crippen molar-refractivity contribution in [1.82, 2.24) is 15.1 Å². The number of hydrogen-bond acceptors (Lipinski definition) is 2. The lowest BCUT2D eigenvalue weighted by Gasteiger charge is -2.12. The molecular weight excluding hydrogens is 186 g/mol. The van der Waals surface area contributed by atoms with E-state index in [1.165, 1.54) is 19.3 Å². The van der Waals surface area contributed by atoms with Crippen LogP contribution >= 0.6 is 0 Å². The molecule has 0 aromatic carbocycles. The molecule has 0 spiro atoms. The maximum absolute atomic E-state index is 4.37. The van der Waals surface area contributed by atoms with Crippen LogP contribution in [-0.2, 0) is 6.54 Å². The summed E-state index contributed by atoms with van der Waals surface area (Å²) >= 11 is 0. The Kier molecular flexibility index (Phi) is 5.40. The van der Waals surface area contributed by atoms with E-state index in [0.717, 1.165) is 18.8 Å². The molecule has 0 radical (unpaired) electrons. The fourth-order valence-electron chi connectivity index (χ4n) is 1.64. The van der Waals surface area contributed by atoms with E-state index in [1.807, 2.05) is 11.6 Å². The van der Waals surface area contributed by atoms with Gasteiger partial charge in [-0.2, -0.15) is 5.10 Å². The molecule has 3 nitrogen and oxygen atoms in total. The second-order valence-corrected chi connectivity index (χ2v) is 4.22. The quantitative estimate of drug-likeness (QED) is 0.747. The number of nitrogens with one attached hydrogen (secondary N) is 1. The summed E-state index contributed by atoms with van der Waals surface area (Å²) in [6.45, 7) is 8.65. The summed E-state index contributed by atoms with van der Waals surface area (Å²) in [7, 11) is 0. The molecule has 1 N–H and O–H groups in total. The van der Waals surface area contributed by atoms with Gasteiger partial charge in [-0.05, 0) is 45.7 Å². The Hall–Kier alpha value is -0.830. The fraction of sp³-hybridized carbons (Fsp3) is 0.750. The van der Waals surface area contributed by atoms with Crippen LogP contribution < -0.4 is 5.32 Å². The van der Waals surface area contributed by atoms with Crippen LogP contribution in [0.15, 0.2) is 12.3 Å². The van der Waals surface area contributed by atoms with E-state index in [0.29, 0.717) is 6.04 Å². The van der Waals surface area contributed by atoms with Crippen LogP contribution in [0.2, 0.25) is 0 Å². The molecule has 3 heteroatoms. The highest BCUT2D eigenvalue weighted by molar-refractivity contribution is 4.94. The Balaban J connectivity index is 2.10. The summed E-state index contributed by atoms with van der Waals surface area (Å²) < 4.78 is 2.03. The van der Waals surface area contributed by atoms with Crippen molar-refractivity contribution >= 4 is 0 Å². The third kappa shape index (κ3) is 4.98. The van der Waals surface area contributed by atoms with Gasteiger partial charge in [0.15, 0.2) is 0 Å². The van der Waals surface area contributed by atoms with Gasteiger partial charge in [0, 0.05) is 18.8 Å². The van der Waals surface area contributed by atoms with Crippen molar-refractivity contribution in [3.63, 3.8) is 0 Å². The number of nitrogens with zero attached hydrogens (tertiary/aromatic N) is 2. The van der Waals surface area contributed by atoms with Crippen LogP contribution in [0.1, 0.15) is 38.8 Å². The molecule has 86 valence electrons. The minimum Gasteiger partial charge on any atom is -0.314 e. The van der Waals surface area contributed by atoms with Crippen LogP contribution in [0.5, 0.6) is 0 Å². The maximum Gasteiger partial charge on any atom is 0.0593 e. The average Bonchev–Trinajstić information content (AvgIpc) is 2.61. The zero-order valence-corrected chi connectivity index (χ0v) is 10.2. The lowest BCUT2D eigenvalue weighted by Crippen LogP contribution is -2.26. The second kappa shape index (κ2) is 6.62. The predicted octanol–water partition coefficient (Wildman–Crippen LogP) is 2.36. The van der Waals surface area contributed by atoms with Crippen LogP contribution in [0.4, 0.5) is 0 Å². The monoisotopic (exact) mass is 209 g/mol. The van der Waals surface area contributed by atoms with Crippen molar-refractivity contribution in [2.45, 2.75) is 52.6 Å². The van der Waals surface area contributed by atoms with Gasteiger partial charge < -0.3 is 5.32 Å². The van der Waals surface area contributed by atoms with Crippen LogP contribution in [0, 0.1) is 6.92 Å². The summed E-state index contributed by atoms with van der Waals surface area (Å²) in [6, 6.07) is 2.68. The molecule has 0 saturated carbocycles. The summed E-state index contributed by atoms with van der Waals surface area (Å²) in [5, 5.41) is 7.86. The van der Waals surface area contributed by atoms with E-state index in [9.17, 15) is 0 Å². The smallest absolute Gasteiger partial charge is 0.0593 e. The van der Waals surface area contributed by atoms with Crippen LogP contribution in [0.25, 0.3) is 0 Å². The molecule has 0 aliphatic rings. The van der Waals surface area contributed by atoms with E-state index >= 15 is 0 Å². The molecule has 15 heavy (non-hydrogen) atoms. The largest absolute Gasteiger partial charge is 0.314 e. The first kappa shape index (κ1) is 12.2. The Morgan fingerprint density at radius 2 is 2.33 bits per heavy atom. The lowest BCUT2D eigenvalue weighted by atomic mass is 10.2. The number of hydrogen-bond donors (Lipinski definition) is 1. The van der Waals surface area contributed by atoms with Gasteiger partial charge in [-0.25, -0.2) is 0 Å². The predicted molar refractivity (Wildman–Crippen MR) is 64.0 cm³/mol. The molecule has 0 saturated heterocycles. The molecular formula is C12H23N3. The van der Waals surface area contributed by atoms with Crippen LogP contribution in [-0.4, -0.2) is 22.4 Å². The third-order valence-corrected chi connectivity index (χ3v) is 2.54. The standard InChI is InChI=1S/C12H23N3/c1-4-8-13-11(2)6-5-9-15-10-7-12(3)14-15/h7,10-11,13H,4-6,8-9H2,1-3H3. The van der Waals surface area contributed by atoms with Crippen molar-refractivity contribution in [3.8, 4) is 0 Å². The second-order valence-electron chi connectivity index (χ2n) is 4.22. The highest BCUT2D eigenvalue weighted by Crippen LogP contribution is 2.00. The van der Waals surface area contributed by atoms with Gasteiger partial charge >= 0.3 is 0 Å². The Morgan fingerprint density at radius 3 is 2.93 bits per heavy atom. The molecule has 0 aliphatic heterocycles. The Bertz CT molecular complexity index is 268. The molecule has 0 fully saturated rings. The lowest BCUT2D eigenvalue weighted by molar-refractivity contribution is 0.463. The van der Waals surface area contributed by atoms with Crippen molar-refractivity contribution in [2.24, 2.45) is 0 Å². The summed E-state index contributed by atoms with van der Waals surface area (Å²) in [5.41, 5.74) is 1.10. The Morgan fingerprint density at radius 1 is 1.53 bits per heavy atom. The van der Waals surface area contributed by atoms with Crippen molar-refractivity contribution in [2.75, 3.05) is 6.54 Å². The zero-order valence-electron chi connectivity index (χ0n) is 10.2. The molecule has 0 aliphatic carbocycles. The SMILES string of the molecule is CCCNC(C)CCCn1ccc(C)n1. The molecule has 1 aromatic rings. The molecule has 1 rings (SSSR count). The van der Waals surface area contributed by atoms with E-state index in [-0.39, 0.29) is 0 Å². The van der Waals surface area contributed by atoms with Gasteiger partial charge in [-0.3, -0.25) is 4.68 Å². The Labute approximate surface area is 92.9 Å². The first-order valence-electron chi connectivity index (χ1n) is 5.95. The summed E-state index contributed by atoms with van der Waals surface area (Å²) in [5.74, 6) is 0. The zero-order chi connectivity index (χ0) is 11.1. The molecule has 1 aromatic heterocycles. The number of aryl methyl sites for hydroxylation is 2. The van der Waals surface area contributed by atoms with E-state index in [2.05, 4.69) is 36.5 Å². The first-order chi connectivity index (χ1) is 7.22. The van der Waals surface area contributed by atoms with Gasteiger partial charge in [0.2, 0.25) is 0 Å². The average molecular weight is 209 g/mol. The van der Waals surface area contributed by atoms with Gasteiger partial charge in [0.25, 0.3) is 0 Å². The number of rotatable bonds is 7. The van der Waals surface area contributed by atoms with Gasteiger partial charge in [0.05, 0.1) is 5.69 Å². The van der Waals surface area contributed by atoms with Gasteiger partial charge in [0.1, 0.15) is 0 Å². The van der Waals surface area contributed by atoms with Gasteiger partial charge in [-0.1, -0.05) is 6.92 Å². The maximum atomic E-state index is 4.37. The van der Waals surface area contributed by atoms with Crippen molar-refractivity contribution in [1.29, 1.82) is 0 Å². The molecule has 1 heterocycles. The minimum absolute atomic E-state index is 0.626. The topological polar surface area (TPSA) is 29.9 Å². The van der Waals surface area contributed by atoms with E-state index in [1.54, 1.807) is 0 Å². The van der Waals surface area contributed by atoms with Crippen molar-refractivity contribution < 1.29 is 0 Å². The highest BCUT2D eigenvalue weighted by atomic mass is 15.3. The van der Waals surface area contributed by atoms with Gasteiger partial charge in [-0.15, -0.1) is 0 Å². The molecule has 1 atom stereocenters. The number of aromatic nitrogens is 2. The normalized spacial score (nSPS) is 13.0.